The van der Waals surface area contributed by atoms with Crippen molar-refractivity contribution in [2.24, 2.45) is 5.84 Å². The number of nitrogens with zero attached hydrogens (tertiary/aromatic N) is 1. The molecule has 1 aromatic heterocycles. The van der Waals surface area contributed by atoms with Crippen LogP contribution in [0.1, 0.15) is 18.4 Å². The molecule has 0 unspecified atom stereocenters. The second-order valence-corrected chi connectivity index (χ2v) is 4.60. The molecule has 2 aromatic rings. The molecule has 114 valence electrons. The van der Waals surface area contributed by atoms with E-state index in [1.807, 2.05) is 30.3 Å². The summed E-state index contributed by atoms with van der Waals surface area (Å²) in [6.07, 6.45) is -5.04. The largest absolute Gasteiger partial charge is 0.389 e. The highest BCUT2D eigenvalue weighted by Gasteiger charge is 2.25. The summed E-state index contributed by atoms with van der Waals surface area (Å²) in [5.41, 5.74) is 3.98. The third-order valence-corrected chi connectivity index (χ3v) is 2.95. The average molecular weight is 299 g/mol. The molecule has 1 aromatic carbocycles. The van der Waals surface area contributed by atoms with Gasteiger partial charge in [0.1, 0.15) is 5.82 Å². The first kappa shape index (κ1) is 15.5. The maximum absolute atomic E-state index is 12.0. The van der Waals surface area contributed by atoms with Gasteiger partial charge in [-0.05, 0) is 18.6 Å². The predicted molar refractivity (Wildman–Crippen MR) is 74.5 cm³/mol. The summed E-state index contributed by atoms with van der Waals surface area (Å²) in [6, 6.07) is 9.36. The van der Waals surface area contributed by atoms with Crippen LogP contribution in [0.5, 0.6) is 0 Å². The first-order chi connectivity index (χ1) is 9.99. The van der Waals surface area contributed by atoms with Crippen LogP contribution in [-0.2, 0) is 11.3 Å². The van der Waals surface area contributed by atoms with Gasteiger partial charge in [0.25, 0.3) is 0 Å². The second-order valence-electron chi connectivity index (χ2n) is 4.60. The van der Waals surface area contributed by atoms with Gasteiger partial charge in [0, 0.05) is 24.0 Å². The van der Waals surface area contributed by atoms with Crippen LogP contribution < -0.4 is 11.3 Å². The van der Waals surface area contributed by atoms with Crippen LogP contribution in [0, 0.1) is 0 Å². The molecule has 0 fully saturated rings. The first-order valence-corrected chi connectivity index (χ1v) is 6.49. The zero-order valence-corrected chi connectivity index (χ0v) is 11.3. The van der Waals surface area contributed by atoms with Crippen molar-refractivity contribution in [1.82, 2.24) is 4.98 Å². The number of benzene rings is 1. The van der Waals surface area contributed by atoms with Crippen molar-refractivity contribution in [3.63, 3.8) is 0 Å². The van der Waals surface area contributed by atoms with E-state index in [2.05, 4.69) is 10.4 Å². The van der Waals surface area contributed by atoms with E-state index in [0.717, 1.165) is 10.9 Å². The monoisotopic (exact) mass is 299 g/mol. The Morgan fingerprint density at radius 1 is 1.24 bits per heavy atom. The molecule has 0 spiro atoms. The molecule has 0 saturated carbocycles. The lowest BCUT2D eigenvalue weighted by Gasteiger charge is -2.11. The maximum atomic E-state index is 12.0. The van der Waals surface area contributed by atoms with Crippen LogP contribution in [0.2, 0.25) is 0 Å². The summed E-state index contributed by atoms with van der Waals surface area (Å²) in [7, 11) is 0. The number of pyridine rings is 1. The third kappa shape index (κ3) is 4.57. The number of nitrogens with one attached hydrogen (secondary N) is 1. The van der Waals surface area contributed by atoms with Crippen molar-refractivity contribution >= 4 is 16.7 Å². The van der Waals surface area contributed by atoms with Crippen molar-refractivity contribution in [2.45, 2.75) is 25.6 Å². The second kappa shape index (κ2) is 6.73. The van der Waals surface area contributed by atoms with Gasteiger partial charge >= 0.3 is 6.18 Å². The van der Waals surface area contributed by atoms with Gasteiger partial charge in [0.05, 0.1) is 12.1 Å². The molecule has 0 aliphatic carbocycles. The average Bonchev–Trinajstić information content (AvgIpc) is 2.44. The van der Waals surface area contributed by atoms with E-state index in [1.165, 1.54) is 0 Å². The number of nitrogen functional groups attached to an aromatic ring is 1. The zero-order valence-electron chi connectivity index (χ0n) is 11.3. The SMILES string of the molecule is NNc1nc2ccccc2cc1COCCCC(F)(F)F. The van der Waals surface area contributed by atoms with Crippen molar-refractivity contribution in [3.05, 3.63) is 35.9 Å². The molecule has 3 N–H and O–H groups in total. The number of fused-ring (bicyclic) bond motifs is 1. The first-order valence-electron chi connectivity index (χ1n) is 6.49. The minimum Gasteiger partial charge on any atom is -0.377 e. The van der Waals surface area contributed by atoms with Crippen molar-refractivity contribution < 1.29 is 17.9 Å². The lowest BCUT2D eigenvalue weighted by Crippen LogP contribution is -2.12. The number of alkyl halides is 3. The van der Waals surface area contributed by atoms with Crippen LogP contribution in [0.4, 0.5) is 19.0 Å². The molecule has 0 aliphatic rings. The fourth-order valence-corrected chi connectivity index (χ4v) is 1.95. The van der Waals surface area contributed by atoms with E-state index in [4.69, 9.17) is 10.6 Å². The van der Waals surface area contributed by atoms with E-state index < -0.39 is 12.6 Å². The summed E-state index contributed by atoms with van der Waals surface area (Å²) in [5.74, 6) is 5.87. The van der Waals surface area contributed by atoms with E-state index in [0.29, 0.717) is 11.4 Å². The summed E-state index contributed by atoms with van der Waals surface area (Å²) >= 11 is 0. The smallest absolute Gasteiger partial charge is 0.377 e. The van der Waals surface area contributed by atoms with E-state index in [-0.39, 0.29) is 19.6 Å². The van der Waals surface area contributed by atoms with Crippen LogP contribution in [0.15, 0.2) is 30.3 Å². The lowest BCUT2D eigenvalue weighted by molar-refractivity contribution is -0.138. The predicted octanol–water partition coefficient (Wildman–Crippen LogP) is 3.38. The summed E-state index contributed by atoms with van der Waals surface area (Å²) in [5, 5.41) is 0.922. The Bertz CT molecular complexity index is 602. The Labute approximate surface area is 120 Å². The highest BCUT2D eigenvalue weighted by Crippen LogP contribution is 2.22. The molecule has 0 saturated heterocycles. The molecule has 0 radical (unpaired) electrons. The highest BCUT2D eigenvalue weighted by atomic mass is 19.4. The number of halogens is 3. The number of hydrogen-bond donors (Lipinski definition) is 2. The van der Waals surface area contributed by atoms with Crippen molar-refractivity contribution in [2.75, 3.05) is 12.0 Å². The van der Waals surface area contributed by atoms with Gasteiger partial charge in [-0.15, -0.1) is 0 Å². The number of hydrazine groups is 1. The van der Waals surface area contributed by atoms with Crippen LogP contribution in [0.25, 0.3) is 10.9 Å². The quantitative estimate of drug-likeness (QED) is 0.488. The number of nitrogens with two attached hydrogens (primary N) is 1. The Morgan fingerprint density at radius 3 is 2.71 bits per heavy atom. The molecule has 2 rings (SSSR count). The number of aromatic nitrogens is 1. The number of anilines is 1. The van der Waals surface area contributed by atoms with Gasteiger partial charge < -0.3 is 10.2 Å². The molecule has 1 heterocycles. The Balaban J connectivity index is 1.97. The van der Waals surface area contributed by atoms with Crippen LogP contribution in [0.3, 0.4) is 0 Å². The Kier molecular flexibility index (Phi) is 4.98. The molecular formula is C14H16F3N3O. The van der Waals surface area contributed by atoms with E-state index >= 15 is 0 Å². The van der Waals surface area contributed by atoms with Gasteiger partial charge in [-0.1, -0.05) is 18.2 Å². The number of para-hydroxylation sites is 1. The number of ether oxygens (including phenoxy) is 1. The van der Waals surface area contributed by atoms with Gasteiger partial charge in [-0.3, -0.25) is 0 Å². The zero-order chi connectivity index (χ0) is 15.3. The lowest BCUT2D eigenvalue weighted by atomic mass is 10.1. The van der Waals surface area contributed by atoms with Crippen LogP contribution >= 0.6 is 0 Å². The summed E-state index contributed by atoms with van der Waals surface area (Å²) in [4.78, 5) is 4.34. The fourth-order valence-electron chi connectivity index (χ4n) is 1.95. The molecule has 7 heteroatoms. The Morgan fingerprint density at radius 2 is 2.00 bits per heavy atom. The fraction of sp³-hybridized carbons (Fsp3) is 0.357. The summed E-state index contributed by atoms with van der Waals surface area (Å²) in [6.45, 7) is 0.200. The van der Waals surface area contributed by atoms with E-state index in [9.17, 15) is 13.2 Å². The van der Waals surface area contributed by atoms with Gasteiger partial charge in [0.2, 0.25) is 0 Å². The Hall–Kier alpha value is -1.86. The maximum Gasteiger partial charge on any atom is 0.389 e. The molecule has 0 atom stereocenters. The van der Waals surface area contributed by atoms with Gasteiger partial charge in [-0.25, -0.2) is 10.8 Å². The molecule has 0 bridgehead atoms. The van der Waals surface area contributed by atoms with Crippen molar-refractivity contribution in [3.8, 4) is 0 Å². The minimum absolute atomic E-state index is 0.0380. The summed E-state index contributed by atoms with van der Waals surface area (Å²) < 4.78 is 41.3. The number of rotatable bonds is 6. The molecule has 0 aliphatic heterocycles. The minimum atomic E-state index is -4.14. The van der Waals surface area contributed by atoms with Crippen LogP contribution in [-0.4, -0.2) is 17.8 Å². The van der Waals surface area contributed by atoms with Gasteiger partial charge in [-0.2, -0.15) is 13.2 Å². The molecule has 0 amide bonds. The standard InChI is InChI=1S/C14H16F3N3O/c15-14(16,17)6-3-7-21-9-11-8-10-4-1-2-5-12(10)19-13(11)20-18/h1-2,4-5,8H,3,6-7,9,18H2,(H,19,20). The highest BCUT2D eigenvalue weighted by molar-refractivity contribution is 5.81. The molecule has 21 heavy (non-hydrogen) atoms. The molecule has 4 nitrogen and oxygen atoms in total. The normalized spacial score (nSPS) is 11.8. The number of hydrogen-bond acceptors (Lipinski definition) is 4. The van der Waals surface area contributed by atoms with Gasteiger partial charge in [0.15, 0.2) is 0 Å². The molecular weight excluding hydrogens is 283 g/mol. The topological polar surface area (TPSA) is 60.2 Å². The van der Waals surface area contributed by atoms with Crippen molar-refractivity contribution in [1.29, 1.82) is 0 Å². The van der Waals surface area contributed by atoms with E-state index in [1.54, 1.807) is 0 Å². The third-order valence-electron chi connectivity index (χ3n) is 2.95.